The molecular weight excluding hydrogens is 258 g/mol. The zero-order valence-electron chi connectivity index (χ0n) is 12.6. The molecule has 2 heterocycles. The van der Waals surface area contributed by atoms with Crippen molar-refractivity contribution < 1.29 is 0 Å². The molecule has 0 bridgehead atoms. The maximum atomic E-state index is 4.09. The van der Waals surface area contributed by atoms with Crippen molar-refractivity contribution in [2.45, 2.75) is 32.2 Å². The first-order valence-corrected chi connectivity index (χ1v) is 7.85. The summed E-state index contributed by atoms with van der Waals surface area (Å²) < 4.78 is 0. The summed E-state index contributed by atoms with van der Waals surface area (Å²) in [4.78, 5) is 6.54. The molecule has 1 aliphatic rings. The first-order valence-electron chi connectivity index (χ1n) is 7.85. The number of aromatic nitrogens is 1. The second-order valence-corrected chi connectivity index (χ2v) is 5.67. The van der Waals surface area contributed by atoms with E-state index in [9.17, 15) is 0 Å². The average Bonchev–Trinajstić information content (AvgIpc) is 2.56. The monoisotopic (exact) mass is 281 g/mol. The third-order valence-corrected chi connectivity index (χ3v) is 4.23. The Morgan fingerprint density at radius 3 is 2.62 bits per heavy atom. The van der Waals surface area contributed by atoms with E-state index in [1.54, 1.807) is 0 Å². The fourth-order valence-electron chi connectivity index (χ4n) is 2.95. The number of hydrogen-bond acceptors (Lipinski definition) is 3. The summed E-state index contributed by atoms with van der Waals surface area (Å²) in [6.07, 6.45) is 7.19. The van der Waals surface area contributed by atoms with E-state index in [-0.39, 0.29) is 0 Å². The van der Waals surface area contributed by atoms with Crippen molar-refractivity contribution in [1.82, 2.24) is 4.98 Å². The van der Waals surface area contributed by atoms with Gasteiger partial charge in [-0.15, -0.1) is 0 Å². The number of pyridine rings is 1. The second-order valence-electron chi connectivity index (χ2n) is 5.67. The maximum Gasteiger partial charge on any atom is 0.0397 e. The van der Waals surface area contributed by atoms with Crippen molar-refractivity contribution in [1.29, 1.82) is 0 Å². The predicted molar refractivity (Wildman–Crippen MR) is 88.9 cm³/mol. The molecule has 3 rings (SSSR count). The molecule has 1 saturated heterocycles. The van der Waals surface area contributed by atoms with Crippen LogP contribution in [0.15, 0.2) is 48.8 Å². The Kier molecular flexibility index (Phi) is 4.39. The summed E-state index contributed by atoms with van der Waals surface area (Å²) >= 11 is 0. The van der Waals surface area contributed by atoms with Crippen molar-refractivity contribution in [3.05, 3.63) is 54.4 Å². The Balaban J connectivity index is 1.56. The number of rotatable bonds is 4. The first-order chi connectivity index (χ1) is 10.3. The van der Waals surface area contributed by atoms with Crippen LogP contribution in [0.1, 0.15) is 25.3 Å². The van der Waals surface area contributed by atoms with E-state index >= 15 is 0 Å². The van der Waals surface area contributed by atoms with Gasteiger partial charge in [0.2, 0.25) is 0 Å². The van der Waals surface area contributed by atoms with Gasteiger partial charge in [-0.2, -0.15) is 0 Å². The van der Waals surface area contributed by atoms with Gasteiger partial charge in [-0.25, -0.2) is 0 Å². The van der Waals surface area contributed by atoms with Gasteiger partial charge in [-0.1, -0.05) is 19.1 Å². The second kappa shape index (κ2) is 6.61. The summed E-state index contributed by atoms with van der Waals surface area (Å²) in [5.41, 5.74) is 3.95. The highest BCUT2D eigenvalue weighted by Crippen LogP contribution is 2.22. The van der Waals surface area contributed by atoms with Gasteiger partial charge in [-0.05, 0) is 49.1 Å². The molecule has 110 valence electrons. The molecule has 1 aromatic heterocycles. The highest BCUT2D eigenvalue weighted by molar-refractivity contribution is 5.48. The quantitative estimate of drug-likeness (QED) is 0.925. The lowest BCUT2D eigenvalue weighted by molar-refractivity contribution is 0.526. The molecule has 2 aromatic rings. The van der Waals surface area contributed by atoms with Crippen LogP contribution in [-0.2, 0) is 6.42 Å². The van der Waals surface area contributed by atoms with Crippen LogP contribution in [0, 0.1) is 0 Å². The van der Waals surface area contributed by atoms with E-state index in [2.05, 4.69) is 58.5 Å². The van der Waals surface area contributed by atoms with Gasteiger partial charge in [0.05, 0.1) is 0 Å². The molecule has 3 nitrogen and oxygen atoms in total. The minimum atomic E-state index is 0.579. The smallest absolute Gasteiger partial charge is 0.0397 e. The number of piperidine rings is 1. The lowest BCUT2D eigenvalue weighted by Crippen LogP contribution is -2.39. The van der Waals surface area contributed by atoms with Crippen LogP contribution in [0.2, 0.25) is 0 Å². The average molecular weight is 281 g/mol. The van der Waals surface area contributed by atoms with Crippen molar-refractivity contribution in [3.8, 4) is 0 Å². The highest BCUT2D eigenvalue weighted by atomic mass is 15.1. The van der Waals surface area contributed by atoms with Gasteiger partial charge < -0.3 is 10.2 Å². The molecule has 0 spiro atoms. The standard InChI is InChI=1S/C18H23N3/c1-2-15-4-3-5-17(14-15)20-16-8-12-21(13-9-16)18-6-10-19-11-7-18/h3-7,10-11,14,16,20H,2,8-9,12-13H2,1H3. The normalized spacial score (nSPS) is 16.0. The van der Waals surface area contributed by atoms with Crippen LogP contribution in [-0.4, -0.2) is 24.1 Å². The van der Waals surface area contributed by atoms with Gasteiger partial charge in [0.1, 0.15) is 0 Å². The van der Waals surface area contributed by atoms with Crippen LogP contribution in [0.4, 0.5) is 11.4 Å². The Labute approximate surface area is 127 Å². The van der Waals surface area contributed by atoms with Crippen molar-refractivity contribution >= 4 is 11.4 Å². The number of hydrogen-bond donors (Lipinski definition) is 1. The fourth-order valence-corrected chi connectivity index (χ4v) is 2.95. The largest absolute Gasteiger partial charge is 0.382 e. The van der Waals surface area contributed by atoms with Crippen LogP contribution in [0.5, 0.6) is 0 Å². The molecule has 1 N–H and O–H groups in total. The van der Waals surface area contributed by atoms with E-state index in [0.29, 0.717) is 6.04 Å². The first kappa shape index (κ1) is 13.9. The van der Waals surface area contributed by atoms with Gasteiger partial charge in [-0.3, -0.25) is 4.98 Å². The van der Waals surface area contributed by atoms with Crippen LogP contribution in [0.3, 0.4) is 0 Å². The van der Waals surface area contributed by atoms with Gasteiger partial charge in [0, 0.05) is 42.9 Å². The Bertz CT molecular complexity index is 560. The topological polar surface area (TPSA) is 28.2 Å². The molecule has 1 fully saturated rings. The zero-order valence-corrected chi connectivity index (χ0v) is 12.6. The zero-order chi connectivity index (χ0) is 14.5. The van der Waals surface area contributed by atoms with E-state index in [4.69, 9.17) is 0 Å². The molecule has 1 aromatic carbocycles. The third kappa shape index (κ3) is 3.54. The van der Waals surface area contributed by atoms with Gasteiger partial charge in [0.15, 0.2) is 0 Å². The molecule has 0 atom stereocenters. The fraction of sp³-hybridized carbons (Fsp3) is 0.389. The molecule has 0 radical (unpaired) electrons. The van der Waals surface area contributed by atoms with E-state index in [1.165, 1.54) is 29.8 Å². The molecular formula is C18H23N3. The molecule has 0 aliphatic carbocycles. The molecule has 3 heteroatoms. The predicted octanol–water partition coefficient (Wildman–Crippen LogP) is 3.72. The molecule has 0 amide bonds. The summed E-state index contributed by atoms with van der Waals surface area (Å²) in [5, 5.41) is 3.69. The third-order valence-electron chi connectivity index (χ3n) is 4.23. The maximum absolute atomic E-state index is 4.09. The van der Waals surface area contributed by atoms with Crippen molar-refractivity contribution in [2.75, 3.05) is 23.3 Å². The Morgan fingerprint density at radius 2 is 1.90 bits per heavy atom. The van der Waals surface area contributed by atoms with E-state index < -0.39 is 0 Å². The van der Waals surface area contributed by atoms with Crippen LogP contribution in [0.25, 0.3) is 0 Å². The number of anilines is 2. The van der Waals surface area contributed by atoms with E-state index in [1.807, 2.05) is 12.4 Å². The van der Waals surface area contributed by atoms with Crippen molar-refractivity contribution in [2.24, 2.45) is 0 Å². The lowest BCUT2D eigenvalue weighted by atomic mass is 10.0. The van der Waals surface area contributed by atoms with Crippen molar-refractivity contribution in [3.63, 3.8) is 0 Å². The number of benzene rings is 1. The SMILES string of the molecule is CCc1cccc(NC2CCN(c3ccncc3)CC2)c1. The van der Waals surface area contributed by atoms with Gasteiger partial charge in [0.25, 0.3) is 0 Å². The molecule has 0 unspecified atom stereocenters. The number of nitrogens with one attached hydrogen (secondary N) is 1. The molecule has 0 saturated carbocycles. The minimum Gasteiger partial charge on any atom is -0.382 e. The summed E-state index contributed by atoms with van der Waals surface area (Å²) in [6.45, 7) is 4.41. The number of nitrogens with zero attached hydrogens (tertiary/aromatic N) is 2. The van der Waals surface area contributed by atoms with Crippen LogP contribution >= 0.6 is 0 Å². The minimum absolute atomic E-state index is 0.579. The summed E-state index contributed by atoms with van der Waals surface area (Å²) in [7, 11) is 0. The summed E-state index contributed by atoms with van der Waals surface area (Å²) in [6, 6.07) is 13.6. The van der Waals surface area contributed by atoms with Gasteiger partial charge >= 0.3 is 0 Å². The van der Waals surface area contributed by atoms with E-state index in [0.717, 1.165) is 19.5 Å². The Hall–Kier alpha value is -2.03. The molecule has 21 heavy (non-hydrogen) atoms. The Morgan fingerprint density at radius 1 is 1.14 bits per heavy atom. The number of aryl methyl sites for hydroxylation is 1. The summed E-state index contributed by atoms with van der Waals surface area (Å²) in [5.74, 6) is 0. The highest BCUT2D eigenvalue weighted by Gasteiger charge is 2.19. The molecule has 1 aliphatic heterocycles. The van der Waals surface area contributed by atoms with Crippen LogP contribution < -0.4 is 10.2 Å². The lowest BCUT2D eigenvalue weighted by Gasteiger charge is -2.34.